The van der Waals surface area contributed by atoms with Crippen LogP contribution in [0.4, 0.5) is 0 Å². The van der Waals surface area contributed by atoms with Gasteiger partial charge in [0.05, 0.1) is 38.8 Å². The molecule has 15 heteroatoms. The molecule has 2 saturated heterocycles. The maximum atomic E-state index is 9.35. The van der Waals surface area contributed by atoms with Gasteiger partial charge in [0.25, 0.3) is 0 Å². The SMILES string of the molecule is ClCCN1CCOCC1.Oc1ccc(-c2cnc3c(-c4ccsc4)cnn3c2)cc1.c1cc(-c2cnn3cc(-c4ccc(OCCN5CCOCC5)cc4)cnc23)cs1. The number of phenolic OH excluding ortho intramolecular Hbond substituents is 1. The minimum atomic E-state index is 0.256. The van der Waals surface area contributed by atoms with Crippen molar-refractivity contribution in [1.82, 2.24) is 39.0 Å². The summed E-state index contributed by atoms with van der Waals surface area (Å²) in [4.78, 5) is 13.9. The molecule has 8 heterocycles. The zero-order valence-electron chi connectivity index (χ0n) is 32.5. The molecule has 0 aliphatic carbocycles. The summed E-state index contributed by atoms with van der Waals surface area (Å²) in [7, 11) is 0. The highest BCUT2D eigenvalue weighted by molar-refractivity contribution is 7.08. The lowest BCUT2D eigenvalue weighted by Crippen LogP contribution is -2.38. The van der Waals surface area contributed by atoms with E-state index in [0.717, 1.165) is 133 Å². The molecule has 6 aromatic heterocycles. The van der Waals surface area contributed by atoms with E-state index in [0.29, 0.717) is 6.61 Å². The van der Waals surface area contributed by atoms with Gasteiger partial charge in [-0.05, 0) is 80.2 Å². The molecular formula is C44H45ClN8O4S2. The Morgan fingerprint density at radius 3 is 1.56 bits per heavy atom. The standard InChI is InChI=1S/C22H22N4O2S.C16H11N3OS.C6H12ClNO/c1-3-20(28-11-8-25-6-9-27-10-7-25)4-2-17(1)19-13-23-22-21(14-24-26(22)15-19)18-5-12-29-16-18;20-14-3-1-11(2-4-14)13-7-17-16-15(8-18-19(16)9-13)12-5-6-21-10-12;7-1-2-8-3-5-9-6-4-8/h1-5,12-16H,6-11H2;1-10,20H;1-6H2. The van der Waals surface area contributed by atoms with E-state index >= 15 is 0 Å². The Bertz CT molecular complexity index is 2480. The van der Waals surface area contributed by atoms with Crippen LogP contribution in [0.2, 0.25) is 0 Å². The molecule has 2 aliphatic rings. The van der Waals surface area contributed by atoms with Crippen molar-refractivity contribution in [3.05, 3.63) is 119 Å². The van der Waals surface area contributed by atoms with Crippen LogP contribution < -0.4 is 4.74 Å². The Morgan fingerprint density at radius 1 is 0.593 bits per heavy atom. The molecule has 0 spiro atoms. The summed E-state index contributed by atoms with van der Waals surface area (Å²) < 4.78 is 20.1. The Hall–Kier alpha value is -5.19. The second-order valence-corrected chi connectivity index (χ2v) is 15.8. The quantitative estimate of drug-likeness (QED) is 0.135. The lowest BCUT2D eigenvalue weighted by molar-refractivity contribution is 0.0322. The first-order valence-corrected chi connectivity index (χ1v) is 21.9. The zero-order chi connectivity index (χ0) is 40.2. The average Bonchev–Trinajstić information content (AvgIpc) is 4.13. The minimum absolute atomic E-state index is 0.256. The number of morpholine rings is 2. The number of ether oxygens (including phenoxy) is 3. The van der Waals surface area contributed by atoms with Gasteiger partial charge < -0.3 is 19.3 Å². The maximum Gasteiger partial charge on any atom is 0.162 e. The molecule has 10 rings (SSSR count). The Kier molecular flexibility index (Phi) is 13.9. The van der Waals surface area contributed by atoms with E-state index in [4.69, 9.17) is 25.8 Å². The van der Waals surface area contributed by atoms with E-state index in [2.05, 4.69) is 70.4 Å². The van der Waals surface area contributed by atoms with Crippen LogP contribution in [0.15, 0.2) is 119 Å². The molecule has 0 unspecified atom stereocenters. The number of nitrogens with zero attached hydrogens (tertiary/aromatic N) is 8. The Labute approximate surface area is 355 Å². The third-order valence-corrected chi connectivity index (χ3v) is 11.6. The number of aromatic nitrogens is 6. The first-order valence-electron chi connectivity index (χ1n) is 19.5. The summed E-state index contributed by atoms with van der Waals surface area (Å²) >= 11 is 8.89. The fourth-order valence-corrected chi connectivity index (χ4v) is 8.30. The van der Waals surface area contributed by atoms with Gasteiger partial charge in [-0.3, -0.25) is 9.80 Å². The van der Waals surface area contributed by atoms with E-state index in [1.54, 1.807) is 39.3 Å². The zero-order valence-corrected chi connectivity index (χ0v) is 34.9. The number of hydrogen-bond acceptors (Lipinski definition) is 12. The van der Waals surface area contributed by atoms with Crippen molar-refractivity contribution in [3.8, 4) is 56.0 Å². The number of rotatable bonds is 10. The van der Waals surface area contributed by atoms with E-state index < -0.39 is 0 Å². The van der Waals surface area contributed by atoms with Crippen LogP contribution in [0.3, 0.4) is 0 Å². The monoisotopic (exact) mass is 848 g/mol. The van der Waals surface area contributed by atoms with E-state index in [-0.39, 0.29) is 5.75 Å². The summed E-state index contributed by atoms with van der Waals surface area (Å²) in [5, 5.41) is 26.5. The maximum absolute atomic E-state index is 9.35. The van der Waals surface area contributed by atoms with Crippen molar-refractivity contribution in [3.63, 3.8) is 0 Å². The Morgan fingerprint density at radius 2 is 1.08 bits per heavy atom. The first-order chi connectivity index (χ1) is 29.1. The van der Waals surface area contributed by atoms with Crippen LogP contribution in [0.1, 0.15) is 0 Å². The molecule has 0 amide bonds. The molecular weight excluding hydrogens is 804 g/mol. The van der Waals surface area contributed by atoms with E-state index in [1.807, 2.05) is 71.3 Å². The summed E-state index contributed by atoms with van der Waals surface area (Å²) in [5.41, 5.74) is 10.2. The van der Waals surface area contributed by atoms with Gasteiger partial charge in [-0.2, -0.15) is 32.9 Å². The van der Waals surface area contributed by atoms with Gasteiger partial charge in [-0.15, -0.1) is 11.6 Å². The number of hydrogen-bond donors (Lipinski definition) is 1. The second kappa shape index (κ2) is 20.2. The molecule has 59 heavy (non-hydrogen) atoms. The van der Waals surface area contributed by atoms with Crippen LogP contribution in [0, 0.1) is 0 Å². The normalized spacial score (nSPS) is 14.7. The van der Waals surface area contributed by atoms with Crippen molar-refractivity contribution >= 4 is 45.6 Å². The van der Waals surface area contributed by atoms with E-state index in [9.17, 15) is 5.11 Å². The third kappa shape index (κ3) is 10.5. The number of alkyl halides is 1. The number of phenols is 1. The van der Waals surface area contributed by atoms with Gasteiger partial charge in [0.2, 0.25) is 0 Å². The molecule has 8 aromatic rings. The number of thiophene rings is 2. The van der Waals surface area contributed by atoms with Crippen molar-refractivity contribution in [2.24, 2.45) is 0 Å². The fourth-order valence-electron chi connectivity index (χ4n) is 6.75. The van der Waals surface area contributed by atoms with Gasteiger partial charge >= 0.3 is 0 Å². The molecule has 0 radical (unpaired) electrons. The van der Waals surface area contributed by atoms with Crippen LogP contribution in [0.5, 0.6) is 11.5 Å². The molecule has 304 valence electrons. The highest BCUT2D eigenvalue weighted by Gasteiger charge is 2.13. The van der Waals surface area contributed by atoms with Crippen molar-refractivity contribution in [2.45, 2.75) is 0 Å². The molecule has 0 bridgehead atoms. The second-order valence-electron chi connectivity index (χ2n) is 13.9. The van der Waals surface area contributed by atoms with Gasteiger partial charge in [-0.1, -0.05) is 24.3 Å². The smallest absolute Gasteiger partial charge is 0.162 e. The summed E-state index contributed by atoms with van der Waals surface area (Å²) in [6, 6.07) is 19.4. The topological polar surface area (TPSA) is 115 Å². The number of halogens is 1. The van der Waals surface area contributed by atoms with Crippen LogP contribution >= 0.6 is 34.3 Å². The number of benzene rings is 2. The highest BCUT2D eigenvalue weighted by Crippen LogP contribution is 2.29. The first kappa shape index (κ1) is 40.6. The fraction of sp³-hybridized carbons (Fsp3) is 0.273. The van der Waals surface area contributed by atoms with Crippen molar-refractivity contribution in [1.29, 1.82) is 0 Å². The van der Waals surface area contributed by atoms with Crippen LogP contribution in [-0.4, -0.2) is 122 Å². The molecule has 0 atom stereocenters. The predicted octanol–water partition coefficient (Wildman–Crippen LogP) is 8.22. The minimum Gasteiger partial charge on any atom is -0.508 e. The molecule has 12 nitrogen and oxygen atoms in total. The van der Waals surface area contributed by atoms with Crippen LogP contribution in [-0.2, 0) is 9.47 Å². The lowest BCUT2D eigenvalue weighted by atomic mass is 10.1. The van der Waals surface area contributed by atoms with E-state index in [1.165, 1.54) is 0 Å². The average molecular weight is 849 g/mol. The molecule has 0 saturated carbocycles. The van der Waals surface area contributed by atoms with Gasteiger partial charge in [-0.25, -0.2) is 19.0 Å². The van der Waals surface area contributed by atoms with Gasteiger partial charge in [0.15, 0.2) is 11.3 Å². The largest absolute Gasteiger partial charge is 0.508 e. The summed E-state index contributed by atoms with van der Waals surface area (Å²) in [6.45, 7) is 10.1. The van der Waals surface area contributed by atoms with Gasteiger partial charge in [0, 0.05) is 92.2 Å². The third-order valence-electron chi connectivity index (χ3n) is 10.0. The number of aromatic hydroxyl groups is 1. The highest BCUT2D eigenvalue weighted by atomic mass is 35.5. The summed E-state index contributed by atoms with van der Waals surface area (Å²) in [6.07, 6.45) is 11.4. The summed E-state index contributed by atoms with van der Waals surface area (Å²) in [5.74, 6) is 1.88. The van der Waals surface area contributed by atoms with Crippen LogP contribution in [0.25, 0.3) is 55.8 Å². The number of fused-ring (bicyclic) bond motifs is 2. The van der Waals surface area contributed by atoms with Crippen molar-refractivity contribution < 1.29 is 19.3 Å². The predicted molar refractivity (Wildman–Crippen MR) is 236 cm³/mol. The molecule has 2 aromatic carbocycles. The van der Waals surface area contributed by atoms with Crippen molar-refractivity contribution in [2.75, 3.05) is 78.2 Å². The molecule has 1 N–H and O–H groups in total. The molecule has 2 aliphatic heterocycles. The molecule has 2 fully saturated rings. The van der Waals surface area contributed by atoms with Gasteiger partial charge in [0.1, 0.15) is 18.1 Å². The lowest BCUT2D eigenvalue weighted by Gasteiger charge is -2.26. The Balaban J connectivity index is 0.000000140.